The fourth-order valence-electron chi connectivity index (χ4n) is 2.19. The van der Waals surface area contributed by atoms with E-state index >= 15 is 0 Å². The Morgan fingerprint density at radius 3 is 2.35 bits per heavy atom. The lowest BCUT2D eigenvalue weighted by Gasteiger charge is -2.23. The van der Waals surface area contributed by atoms with Gasteiger partial charge in [-0.2, -0.15) is 0 Å². The fourth-order valence-corrected chi connectivity index (χ4v) is 2.19. The molecule has 0 unspecified atom stereocenters. The smallest absolute Gasteiger partial charge is 0.309 e. The van der Waals surface area contributed by atoms with Crippen molar-refractivity contribution in [1.82, 2.24) is 5.32 Å². The van der Waals surface area contributed by atoms with Crippen LogP contribution in [0.5, 0.6) is 0 Å². The van der Waals surface area contributed by atoms with Gasteiger partial charge in [-0.05, 0) is 32.6 Å². The average Bonchev–Trinajstić information content (AvgIpc) is 2.27. The van der Waals surface area contributed by atoms with Crippen molar-refractivity contribution in [1.29, 1.82) is 0 Å². The molecule has 0 saturated heterocycles. The Labute approximate surface area is 103 Å². The van der Waals surface area contributed by atoms with Crippen molar-refractivity contribution in [3.8, 4) is 0 Å². The normalized spacial score (nSPS) is 17.8. The van der Waals surface area contributed by atoms with Crippen molar-refractivity contribution in [2.75, 3.05) is 6.54 Å². The number of carboxylic acid groups (broad SMARTS) is 1. The van der Waals surface area contributed by atoms with Crippen molar-refractivity contribution >= 4 is 11.9 Å². The summed E-state index contributed by atoms with van der Waals surface area (Å²) in [5, 5.41) is 11.8. The number of rotatable bonds is 5. The molecule has 0 spiro atoms. The Kier molecular flexibility index (Phi) is 4.97. The third kappa shape index (κ3) is 4.75. The highest BCUT2D eigenvalue weighted by Crippen LogP contribution is 2.23. The lowest BCUT2D eigenvalue weighted by Crippen LogP contribution is -2.36. The summed E-state index contributed by atoms with van der Waals surface area (Å²) >= 11 is 0. The van der Waals surface area contributed by atoms with Crippen LogP contribution in [-0.2, 0) is 9.59 Å². The first-order valence-electron chi connectivity index (χ1n) is 6.42. The third-order valence-electron chi connectivity index (χ3n) is 3.49. The minimum absolute atomic E-state index is 0.0506. The van der Waals surface area contributed by atoms with Crippen LogP contribution in [-0.4, -0.2) is 23.5 Å². The molecule has 1 fully saturated rings. The third-order valence-corrected chi connectivity index (χ3v) is 3.49. The zero-order chi connectivity index (χ0) is 12.9. The maximum atomic E-state index is 11.6. The summed E-state index contributed by atoms with van der Waals surface area (Å²) in [7, 11) is 0. The standard InChI is InChI=1S/C13H23NO3/c1-13(2,12(16)17)8-11(15)14-9-10-6-4-3-5-7-10/h10H,3-9H2,1-2H3,(H,14,15)(H,16,17). The molecule has 0 aromatic carbocycles. The van der Waals surface area contributed by atoms with Crippen LogP contribution in [0.15, 0.2) is 0 Å². The highest BCUT2D eigenvalue weighted by molar-refractivity contribution is 5.84. The van der Waals surface area contributed by atoms with E-state index in [1.807, 2.05) is 0 Å². The van der Waals surface area contributed by atoms with Gasteiger partial charge in [-0.15, -0.1) is 0 Å². The van der Waals surface area contributed by atoms with Gasteiger partial charge in [0.15, 0.2) is 0 Å². The number of carbonyl (C=O) groups excluding carboxylic acids is 1. The van der Waals surface area contributed by atoms with Gasteiger partial charge in [0.2, 0.25) is 5.91 Å². The molecule has 1 rings (SSSR count). The zero-order valence-electron chi connectivity index (χ0n) is 10.8. The van der Waals surface area contributed by atoms with E-state index in [1.54, 1.807) is 13.8 Å². The molecule has 0 heterocycles. The van der Waals surface area contributed by atoms with E-state index in [4.69, 9.17) is 5.11 Å². The summed E-state index contributed by atoms with van der Waals surface area (Å²) in [5.74, 6) is -0.492. The summed E-state index contributed by atoms with van der Waals surface area (Å²) in [4.78, 5) is 22.5. The highest BCUT2D eigenvalue weighted by Gasteiger charge is 2.30. The van der Waals surface area contributed by atoms with Gasteiger partial charge in [0.25, 0.3) is 0 Å². The summed E-state index contributed by atoms with van der Waals surface area (Å²) in [6.07, 6.45) is 6.22. The molecule has 1 aliphatic carbocycles. The SMILES string of the molecule is CC(C)(CC(=O)NCC1CCCCC1)C(=O)O. The molecule has 1 aliphatic rings. The minimum Gasteiger partial charge on any atom is -0.481 e. The van der Waals surface area contributed by atoms with Crippen molar-refractivity contribution in [3.05, 3.63) is 0 Å². The molecule has 0 aromatic rings. The summed E-state index contributed by atoms with van der Waals surface area (Å²) in [6.45, 7) is 3.86. The summed E-state index contributed by atoms with van der Waals surface area (Å²) in [5.41, 5.74) is -0.976. The van der Waals surface area contributed by atoms with Crippen LogP contribution in [0.4, 0.5) is 0 Å². The number of carboxylic acids is 1. The average molecular weight is 241 g/mol. The first kappa shape index (κ1) is 14.0. The second kappa shape index (κ2) is 6.03. The van der Waals surface area contributed by atoms with E-state index in [9.17, 15) is 9.59 Å². The van der Waals surface area contributed by atoms with Gasteiger partial charge in [0, 0.05) is 13.0 Å². The zero-order valence-corrected chi connectivity index (χ0v) is 10.8. The van der Waals surface area contributed by atoms with Crippen LogP contribution in [0.25, 0.3) is 0 Å². The van der Waals surface area contributed by atoms with Crippen LogP contribution in [0.2, 0.25) is 0 Å². The van der Waals surface area contributed by atoms with Gasteiger partial charge >= 0.3 is 5.97 Å². The van der Waals surface area contributed by atoms with E-state index < -0.39 is 11.4 Å². The Hall–Kier alpha value is -1.06. The summed E-state index contributed by atoms with van der Waals surface area (Å²) in [6, 6.07) is 0. The minimum atomic E-state index is -0.976. The predicted molar refractivity (Wildman–Crippen MR) is 65.6 cm³/mol. The molecular weight excluding hydrogens is 218 g/mol. The maximum absolute atomic E-state index is 11.6. The first-order chi connectivity index (χ1) is 7.92. The topological polar surface area (TPSA) is 66.4 Å². The van der Waals surface area contributed by atoms with E-state index in [1.165, 1.54) is 32.1 Å². The van der Waals surface area contributed by atoms with Crippen LogP contribution < -0.4 is 5.32 Å². The maximum Gasteiger partial charge on any atom is 0.309 e. The molecule has 0 atom stereocenters. The van der Waals surface area contributed by atoms with Crippen LogP contribution >= 0.6 is 0 Å². The Balaban J connectivity index is 2.27. The monoisotopic (exact) mass is 241 g/mol. The van der Waals surface area contributed by atoms with Gasteiger partial charge in [-0.3, -0.25) is 9.59 Å². The van der Waals surface area contributed by atoms with Crippen molar-refractivity contribution in [2.45, 2.75) is 52.4 Å². The van der Waals surface area contributed by atoms with Gasteiger partial charge < -0.3 is 10.4 Å². The number of aliphatic carboxylic acids is 1. The van der Waals surface area contributed by atoms with Crippen molar-refractivity contribution < 1.29 is 14.7 Å². The Bertz CT molecular complexity index is 280. The number of nitrogens with one attached hydrogen (secondary N) is 1. The molecule has 0 radical (unpaired) electrons. The van der Waals surface area contributed by atoms with Crippen LogP contribution in [0, 0.1) is 11.3 Å². The van der Waals surface area contributed by atoms with Gasteiger partial charge in [-0.1, -0.05) is 19.3 Å². The van der Waals surface area contributed by atoms with Gasteiger partial charge in [0.05, 0.1) is 5.41 Å². The molecule has 4 heteroatoms. The second-order valence-electron chi connectivity index (χ2n) is 5.67. The number of amides is 1. The molecule has 1 amide bonds. The Morgan fingerprint density at radius 2 is 1.82 bits per heavy atom. The molecule has 98 valence electrons. The molecule has 17 heavy (non-hydrogen) atoms. The lowest BCUT2D eigenvalue weighted by molar-refractivity contribution is -0.149. The highest BCUT2D eigenvalue weighted by atomic mass is 16.4. The first-order valence-corrected chi connectivity index (χ1v) is 6.42. The molecule has 2 N–H and O–H groups in total. The van der Waals surface area contributed by atoms with Crippen LogP contribution in [0.3, 0.4) is 0 Å². The summed E-state index contributed by atoms with van der Waals surface area (Å²) < 4.78 is 0. The predicted octanol–water partition coefficient (Wildman–Crippen LogP) is 2.18. The number of hydrogen-bond donors (Lipinski definition) is 2. The Morgan fingerprint density at radius 1 is 1.24 bits per heavy atom. The molecule has 0 aromatic heterocycles. The second-order valence-corrected chi connectivity index (χ2v) is 5.67. The largest absolute Gasteiger partial charge is 0.481 e. The van der Waals surface area contributed by atoms with Crippen LogP contribution in [0.1, 0.15) is 52.4 Å². The molecular formula is C13H23NO3. The number of carbonyl (C=O) groups is 2. The quantitative estimate of drug-likeness (QED) is 0.775. The molecule has 0 aliphatic heterocycles. The van der Waals surface area contributed by atoms with E-state index in [0.29, 0.717) is 12.5 Å². The fraction of sp³-hybridized carbons (Fsp3) is 0.846. The van der Waals surface area contributed by atoms with Gasteiger partial charge in [-0.25, -0.2) is 0 Å². The molecule has 4 nitrogen and oxygen atoms in total. The van der Waals surface area contributed by atoms with E-state index in [2.05, 4.69) is 5.32 Å². The molecule has 1 saturated carbocycles. The van der Waals surface area contributed by atoms with Crippen molar-refractivity contribution in [2.24, 2.45) is 11.3 Å². The molecule has 0 bridgehead atoms. The lowest BCUT2D eigenvalue weighted by atomic mass is 9.88. The number of hydrogen-bond acceptors (Lipinski definition) is 2. The van der Waals surface area contributed by atoms with E-state index in [0.717, 1.165) is 0 Å². The van der Waals surface area contributed by atoms with E-state index in [-0.39, 0.29) is 12.3 Å². The van der Waals surface area contributed by atoms with Gasteiger partial charge in [0.1, 0.15) is 0 Å². The van der Waals surface area contributed by atoms with Crippen molar-refractivity contribution in [3.63, 3.8) is 0 Å².